The molecule has 5 nitrogen and oxygen atoms in total. The molecule has 1 spiro atoms. The number of likely N-dealkylation sites (tertiary alicyclic amines) is 1. The summed E-state index contributed by atoms with van der Waals surface area (Å²) in [6.07, 6.45) is 1.29. The van der Waals surface area contributed by atoms with Crippen molar-refractivity contribution in [3.63, 3.8) is 0 Å². The topological polar surface area (TPSA) is 61.4 Å². The molecule has 25 heavy (non-hydrogen) atoms. The molecule has 0 unspecified atom stereocenters. The molecule has 1 saturated carbocycles. The van der Waals surface area contributed by atoms with Crippen molar-refractivity contribution in [1.29, 1.82) is 0 Å². The Balaban J connectivity index is 1.47. The molecule has 5 heteroatoms. The number of anilines is 2. The first-order valence-electron chi connectivity index (χ1n) is 9.16. The number of nitrogens with one attached hydrogen (secondary N) is 2. The SMILES string of the molecule is CC1(C)C(C(=O)N2CCC3(CC2)Nc2ccccc2NC3=O)C1(C)C. The molecule has 3 aliphatic rings. The predicted octanol–water partition coefficient (Wildman–Crippen LogP) is 3.09. The first-order valence-corrected chi connectivity index (χ1v) is 9.16. The number of carbonyl (C=O) groups excluding carboxylic acids is 2. The van der Waals surface area contributed by atoms with Crippen LogP contribution in [0.1, 0.15) is 40.5 Å². The van der Waals surface area contributed by atoms with Crippen LogP contribution in [0, 0.1) is 16.7 Å². The van der Waals surface area contributed by atoms with E-state index in [4.69, 9.17) is 0 Å². The lowest BCUT2D eigenvalue weighted by Crippen LogP contribution is -2.59. The minimum absolute atomic E-state index is 0.0189. The number of hydrogen-bond acceptors (Lipinski definition) is 3. The molecule has 1 aliphatic carbocycles. The maximum absolute atomic E-state index is 12.9. The van der Waals surface area contributed by atoms with E-state index in [1.807, 2.05) is 29.2 Å². The van der Waals surface area contributed by atoms with E-state index in [1.165, 1.54) is 0 Å². The maximum Gasteiger partial charge on any atom is 0.250 e. The molecule has 2 heterocycles. The fourth-order valence-electron chi connectivity index (χ4n) is 4.71. The number of para-hydroxylation sites is 2. The summed E-state index contributed by atoms with van der Waals surface area (Å²) in [6.45, 7) is 9.96. The number of benzene rings is 1. The smallest absolute Gasteiger partial charge is 0.250 e. The standard InChI is InChI=1S/C20H27N3O2/c1-18(2)15(19(18,3)4)16(24)23-11-9-20(10-12-23)17(25)21-13-7-5-6-8-14(13)22-20/h5-8,15,22H,9-12H2,1-4H3,(H,21,25). The van der Waals surface area contributed by atoms with Gasteiger partial charge in [0.1, 0.15) is 5.54 Å². The van der Waals surface area contributed by atoms with Crippen LogP contribution in [0.4, 0.5) is 11.4 Å². The summed E-state index contributed by atoms with van der Waals surface area (Å²) in [6, 6.07) is 7.78. The molecule has 1 aromatic carbocycles. The van der Waals surface area contributed by atoms with Gasteiger partial charge in [0.25, 0.3) is 0 Å². The van der Waals surface area contributed by atoms with Gasteiger partial charge in [0.2, 0.25) is 11.8 Å². The van der Waals surface area contributed by atoms with E-state index < -0.39 is 5.54 Å². The van der Waals surface area contributed by atoms with Gasteiger partial charge in [-0.2, -0.15) is 0 Å². The summed E-state index contributed by atoms with van der Waals surface area (Å²) >= 11 is 0. The van der Waals surface area contributed by atoms with E-state index in [-0.39, 0.29) is 28.6 Å². The number of fused-ring (bicyclic) bond motifs is 1. The highest BCUT2D eigenvalue weighted by Crippen LogP contribution is 2.68. The molecule has 0 bridgehead atoms. The van der Waals surface area contributed by atoms with Crippen molar-refractivity contribution < 1.29 is 9.59 Å². The number of amides is 2. The van der Waals surface area contributed by atoms with Crippen LogP contribution in [0.5, 0.6) is 0 Å². The van der Waals surface area contributed by atoms with Gasteiger partial charge in [-0.15, -0.1) is 0 Å². The van der Waals surface area contributed by atoms with Crippen LogP contribution in [-0.4, -0.2) is 35.3 Å². The predicted molar refractivity (Wildman–Crippen MR) is 98.3 cm³/mol. The van der Waals surface area contributed by atoms with Gasteiger partial charge in [-0.05, 0) is 35.8 Å². The monoisotopic (exact) mass is 341 g/mol. The summed E-state index contributed by atoms with van der Waals surface area (Å²) in [5.41, 5.74) is 1.31. The molecule has 0 atom stereocenters. The molecule has 2 amide bonds. The summed E-state index contributed by atoms with van der Waals surface area (Å²) in [4.78, 5) is 27.6. The maximum atomic E-state index is 12.9. The number of nitrogens with zero attached hydrogens (tertiary/aromatic N) is 1. The Morgan fingerprint density at radius 1 is 1.04 bits per heavy atom. The second kappa shape index (κ2) is 4.99. The van der Waals surface area contributed by atoms with Gasteiger partial charge in [-0.25, -0.2) is 0 Å². The van der Waals surface area contributed by atoms with E-state index in [9.17, 15) is 9.59 Å². The minimum Gasteiger partial charge on any atom is -0.369 e. The van der Waals surface area contributed by atoms with Crippen molar-refractivity contribution >= 4 is 23.2 Å². The highest BCUT2D eigenvalue weighted by Gasteiger charge is 2.69. The lowest BCUT2D eigenvalue weighted by atomic mass is 9.84. The first kappa shape index (κ1) is 16.4. The van der Waals surface area contributed by atoms with Crippen LogP contribution in [0.15, 0.2) is 24.3 Å². The second-order valence-corrected chi connectivity index (χ2v) is 8.91. The Labute approximate surface area is 149 Å². The molecular weight excluding hydrogens is 314 g/mol. The summed E-state index contributed by atoms with van der Waals surface area (Å²) in [5.74, 6) is 0.356. The largest absolute Gasteiger partial charge is 0.369 e. The third-order valence-corrected chi connectivity index (χ3v) is 7.18. The van der Waals surface area contributed by atoms with E-state index in [1.54, 1.807) is 0 Å². The van der Waals surface area contributed by atoms with Crippen molar-refractivity contribution in [2.45, 2.75) is 46.1 Å². The lowest BCUT2D eigenvalue weighted by Gasteiger charge is -2.44. The van der Waals surface area contributed by atoms with E-state index in [0.717, 1.165) is 11.4 Å². The Morgan fingerprint density at radius 2 is 1.60 bits per heavy atom. The molecule has 2 aliphatic heterocycles. The van der Waals surface area contributed by atoms with Crippen LogP contribution in [-0.2, 0) is 9.59 Å². The van der Waals surface area contributed by atoms with Gasteiger partial charge in [-0.3, -0.25) is 9.59 Å². The van der Waals surface area contributed by atoms with Gasteiger partial charge in [-0.1, -0.05) is 39.8 Å². The number of rotatable bonds is 1. The third kappa shape index (κ3) is 2.21. The molecule has 134 valence electrons. The molecule has 1 saturated heterocycles. The van der Waals surface area contributed by atoms with Crippen LogP contribution in [0.2, 0.25) is 0 Å². The van der Waals surface area contributed by atoms with E-state index >= 15 is 0 Å². The molecule has 0 radical (unpaired) electrons. The van der Waals surface area contributed by atoms with Gasteiger partial charge in [0.15, 0.2) is 0 Å². The van der Waals surface area contributed by atoms with Gasteiger partial charge in [0, 0.05) is 19.0 Å². The van der Waals surface area contributed by atoms with Crippen molar-refractivity contribution in [2.24, 2.45) is 16.7 Å². The van der Waals surface area contributed by atoms with Crippen LogP contribution in [0.25, 0.3) is 0 Å². The number of hydrogen-bond donors (Lipinski definition) is 2. The van der Waals surface area contributed by atoms with Crippen molar-refractivity contribution in [2.75, 3.05) is 23.7 Å². The summed E-state index contributed by atoms with van der Waals surface area (Å²) < 4.78 is 0. The fraction of sp³-hybridized carbons (Fsp3) is 0.600. The quantitative estimate of drug-likeness (QED) is 0.825. The average molecular weight is 341 g/mol. The molecule has 0 aromatic heterocycles. The normalized spacial score (nSPS) is 25.8. The molecular formula is C20H27N3O2. The molecule has 2 fully saturated rings. The number of carbonyl (C=O) groups is 2. The highest BCUT2D eigenvalue weighted by molar-refractivity contribution is 6.06. The van der Waals surface area contributed by atoms with Crippen molar-refractivity contribution in [3.05, 3.63) is 24.3 Å². The Bertz CT molecular complexity index is 731. The lowest BCUT2D eigenvalue weighted by molar-refractivity contribution is -0.137. The zero-order valence-corrected chi connectivity index (χ0v) is 15.5. The first-order chi connectivity index (χ1) is 11.7. The van der Waals surface area contributed by atoms with Crippen molar-refractivity contribution in [3.8, 4) is 0 Å². The Morgan fingerprint density at radius 3 is 2.16 bits per heavy atom. The van der Waals surface area contributed by atoms with Gasteiger partial charge < -0.3 is 15.5 Å². The minimum atomic E-state index is -0.598. The highest BCUT2D eigenvalue weighted by atomic mass is 16.2. The van der Waals surface area contributed by atoms with Crippen LogP contribution in [0.3, 0.4) is 0 Å². The number of piperidine rings is 1. The van der Waals surface area contributed by atoms with E-state index in [0.29, 0.717) is 25.9 Å². The summed E-state index contributed by atoms with van der Waals surface area (Å²) in [7, 11) is 0. The van der Waals surface area contributed by atoms with Gasteiger partial charge >= 0.3 is 0 Å². The van der Waals surface area contributed by atoms with Crippen molar-refractivity contribution in [1.82, 2.24) is 4.90 Å². The van der Waals surface area contributed by atoms with Crippen LogP contribution >= 0.6 is 0 Å². The zero-order valence-electron chi connectivity index (χ0n) is 15.5. The average Bonchev–Trinajstić information content (AvgIpc) is 2.98. The Kier molecular flexibility index (Phi) is 3.28. The summed E-state index contributed by atoms with van der Waals surface area (Å²) in [5, 5.41) is 6.47. The second-order valence-electron chi connectivity index (χ2n) is 8.91. The Hall–Kier alpha value is -2.04. The van der Waals surface area contributed by atoms with Crippen LogP contribution < -0.4 is 10.6 Å². The molecule has 2 N–H and O–H groups in total. The zero-order chi connectivity index (χ0) is 18.0. The molecule has 1 aromatic rings. The third-order valence-electron chi connectivity index (χ3n) is 7.18. The molecule has 4 rings (SSSR count). The fourth-order valence-corrected chi connectivity index (χ4v) is 4.71. The van der Waals surface area contributed by atoms with E-state index in [2.05, 4.69) is 38.3 Å². The van der Waals surface area contributed by atoms with Gasteiger partial charge in [0.05, 0.1) is 11.4 Å².